The molecule has 0 fully saturated rings. The van der Waals surface area contributed by atoms with Crippen molar-refractivity contribution in [3.05, 3.63) is 28.6 Å². The third-order valence-corrected chi connectivity index (χ3v) is 4.68. The van der Waals surface area contributed by atoms with Crippen molar-refractivity contribution in [2.24, 2.45) is 12.8 Å². The number of hydrogen-bond donors (Lipinski definition) is 2. The Morgan fingerprint density at radius 2 is 2.32 bits per heavy atom. The maximum absolute atomic E-state index is 12.1. The van der Waals surface area contributed by atoms with Gasteiger partial charge in [0.1, 0.15) is 22.8 Å². The van der Waals surface area contributed by atoms with Crippen molar-refractivity contribution in [3.8, 4) is 0 Å². The summed E-state index contributed by atoms with van der Waals surface area (Å²) in [4.78, 5) is 0.00937. The molecular formula is C9H12BrN5O3S. The lowest BCUT2D eigenvalue weighted by Gasteiger charge is -2.04. The summed E-state index contributed by atoms with van der Waals surface area (Å²) < 4.78 is 33.5. The van der Waals surface area contributed by atoms with E-state index in [0.717, 1.165) is 0 Å². The standard InChI is InChI=1S/C9H12BrN5O3S/c1-15-5-12-14-8(15)4-13-19(16,17)7-2-6(3-11)18-9(7)10/h2,5,13H,3-4,11H2,1H3. The van der Waals surface area contributed by atoms with Gasteiger partial charge in [0.05, 0.1) is 13.1 Å². The Labute approximate surface area is 118 Å². The zero-order chi connectivity index (χ0) is 14.0. The summed E-state index contributed by atoms with van der Waals surface area (Å²) in [5, 5.41) is 7.45. The average molecular weight is 350 g/mol. The quantitative estimate of drug-likeness (QED) is 0.791. The Morgan fingerprint density at radius 1 is 1.58 bits per heavy atom. The molecule has 0 bridgehead atoms. The highest BCUT2D eigenvalue weighted by molar-refractivity contribution is 9.10. The first-order valence-electron chi connectivity index (χ1n) is 5.25. The summed E-state index contributed by atoms with van der Waals surface area (Å²) in [6.45, 7) is 0.159. The van der Waals surface area contributed by atoms with Gasteiger partial charge in [-0.1, -0.05) is 0 Å². The minimum atomic E-state index is -3.70. The molecule has 10 heteroatoms. The summed E-state index contributed by atoms with van der Waals surface area (Å²) >= 11 is 3.05. The third-order valence-electron chi connectivity index (χ3n) is 2.42. The second kappa shape index (κ2) is 5.41. The highest BCUT2D eigenvalue weighted by Gasteiger charge is 2.22. The van der Waals surface area contributed by atoms with Gasteiger partial charge in [-0.05, 0) is 15.9 Å². The van der Waals surface area contributed by atoms with Gasteiger partial charge in [0.2, 0.25) is 10.0 Å². The smallest absolute Gasteiger partial charge is 0.245 e. The number of nitrogens with zero attached hydrogens (tertiary/aromatic N) is 3. The van der Waals surface area contributed by atoms with Gasteiger partial charge in [0.15, 0.2) is 4.67 Å². The Bertz CT molecular complexity index is 678. The molecule has 3 N–H and O–H groups in total. The van der Waals surface area contributed by atoms with Crippen LogP contribution in [0, 0.1) is 0 Å². The van der Waals surface area contributed by atoms with Crippen molar-refractivity contribution < 1.29 is 12.8 Å². The topological polar surface area (TPSA) is 116 Å². The summed E-state index contributed by atoms with van der Waals surface area (Å²) in [5.41, 5.74) is 5.39. The molecule has 2 heterocycles. The molecule has 2 aromatic rings. The van der Waals surface area contributed by atoms with Crippen molar-refractivity contribution in [2.75, 3.05) is 0 Å². The molecule has 0 aliphatic rings. The average Bonchev–Trinajstić information content (AvgIpc) is 2.93. The first-order valence-corrected chi connectivity index (χ1v) is 7.52. The zero-order valence-corrected chi connectivity index (χ0v) is 12.4. The Morgan fingerprint density at radius 3 is 2.84 bits per heavy atom. The third kappa shape index (κ3) is 3.03. The first-order chi connectivity index (χ1) is 8.94. The van der Waals surface area contributed by atoms with Crippen LogP contribution in [0.25, 0.3) is 0 Å². The monoisotopic (exact) mass is 349 g/mol. The van der Waals surface area contributed by atoms with E-state index in [9.17, 15) is 8.42 Å². The van der Waals surface area contributed by atoms with Crippen molar-refractivity contribution in [1.82, 2.24) is 19.5 Å². The van der Waals surface area contributed by atoms with E-state index in [1.807, 2.05) is 0 Å². The molecule has 104 valence electrons. The predicted molar refractivity (Wildman–Crippen MR) is 69.3 cm³/mol. The van der Waals surface area contributed by atoms with E-state index in [4.69, 9.17) is 10.2 Å². The lowest BCUT2D eigenvalue weighted by atomic mass is 10.5. The zero-order valence-electron chi connectivity index (χ0n) is 10.00. The SMILES string of the molecule is Cn1cnnc1CNS(=O)(=O)c1cc(CN)oc1Br. The van der Waals surface area contributed by atoms with Crippen LogP contribution in [0.2, 0.25) is 0 Å². The highest BCUT2D eigenvalue weighted by atomic mass is 79.9. The molecule has 0 saturated heterocycles. The Hall–Kier alpha value is -1.23. The maximum Gasteiger partial charge on any atom is 0.245 e. The fraction of sp³-hybridized carbons (Fsp3) is 0.333. The Kier molecular flexibility index (Phi) is 4.04. The molecule has 19 heavy (non-hydrogen) atoms. The van der Waals surface area contributed by atoms with Crippen LogP contribution in [0.3, 0.4) is 0 Å². The number of rotatable bonds is 5. The van der Waals surface area contributed by atoms with Crippen LogP contribution in [-0.2, 0) is 30.2 Å². The van der Waals surface area contributed by atoms with Gasteiger partial charge in [0.25, 0.3) is 0 Å². The Balaban J connectivity index is 2.18. The second-order valence-corrected chi connectivity index (χ2v) is 6.19. The number of nitrogens with two attached hydrogens (primary N) is 1. The first kappa shape index (κ1) is 14.2. The number of nitrogens with one attached hydrogen (secondary N) is 1. The van der Waals surface area contributed by atoms with E-state index in [2.05, 4.69) is 30.8 Å². The molecule has 0 amide bonds. The van der Waals surface area contributed by atoms with Crippen LogP contribution in [0.4, 0.5) is 0 Å². The van der Waals surface area contributed by atoms with Crippen molar-refractivity contribution in [2.45, 2.75) is 18.0 Å². The molecule has 2 rings (SSSR count). The van der Waals surface area contributed by atoms with Gasteiger partial charge in [-0.2, -0.15) is 0 Å². The molecule has 0 aliphatic carbocycles. The normalized spacial score (nSPS) is 11.9. The highest BCUT2D eigenvalue weighted by Crippen LogP contribution is 2.25. The van der Waals surface area contributed by atoms with Crippen LogP contribution in [-0.4, -0.2) is 23.2 Å². The number of aromatic nitrogens is 3. The molecule has 0 saturated carbocycles. The van der Waals surface area contributed by atoms with E-state index in [-0.39, 0.29) is 22.7 Å². The van der Waals surface area contributed by atoms with Crippen LogP contribution in [0.1, 0.15) is 11.6 Å². The van der Waals surface area contributed by atoms with E-state index >= 15 is 0 Å². The fourth-order valence-corrected chi connectivity index (χ4v) is 3.36. The lowest BCUT2D eigenvalue weighted by Crippen LogP contribution is -2.24. The van der Waals surface area contributed by atoms with E-state index in [0.29, 0.717) is 11.6 Å². The minimum absolute atomic E-state index is 0.00937. The van der Waals surface area contributed by atoms with Crippen molar-refractivity contribution in [1.29, 1.82) is 0 Å². The molecule has 0 spiro atoms. The molecule has 2 aromatic heterocycles. The molecule has 0 unspecified atom stereocenters. The van der Waals surface area contributed by atoms with Crippen LogP contribution >= 0.6 is 15.9 Å². The maximum atomic E-state index is 12.1. The second-order valence-electron chi connectivity index (χ2n) is 3.74. The van der Waals surface area contributed by atoms with Gasteiger partial charge in [-0.3, -0.25) is 0 Å². The number of aryl methyl sites for hydroxylation is 1. The van der Waals surface area contributed by atoms with Crippen molar-refractivity contribution >= 4 is 26.0 Å². The van der Waals surface area contributed by atoms with Crippen LogP contribution < -0.4 is 10.5 Å². The molecule has 0 atom stereocenters. The largest absolute Gasteiger partial charge is 0.452 e. The summed E-state index contributed by atoms with van der Waals surface area (Å²) in [5.74, 6) is 0.883. The summed E-state index contributed by atoms with van der Waals surface area (Å²) in [6.07, 6.45) is 1.49. The summed E-state index contributed by atoms with van der Waals surface area (Å²) in [7, 11) is -1.97. The van der Waals surface area contributed by atoms with E-state index < -0.39 is 10.0 Å². The molecule has 0 aliphatic heterocycles. The number of sulfonamides is 1. The molecule has 0 radical (unpaired) electrons. The number of furan rings is 1. The van der Waals surface area contributed by atoms with Gasteiger partial charge >= 0.3 is 0 Å². The molecule has 8 nitrogen and oxygen atoms in total. The van der Waals surface area contributed by atoms with Crippen LogP contribution in [0.15, 0.2) is 26.4 Å². The summed E-state index contributed by atoms with van der Waals surface area (Å²) in [6, 6.07) is 1.38. The van der Waals surface area contributed by atoms with Crippen molar-refractivity contribution in [3.63, 3.8) is 0 Å². The van der Waals surface area contributed by atoms with Gasteiger partial charge in [-0.25, -0.2) is 13.1 Å². The van der Waals surface area contributed by atoms with E-state index in [1.165, 1.54) is 12.4 Å². The molecule has 0 aromatic carbocycles. The predicted octanol–water partition coefficient (Wildman–Crippen LogP) is 0.108. The van der Waals surface area contributed by atoms with E-state index in [1.54, 1.807) is 11.6 Å². The van der Waals surface area contributed by atoms with Gasteiger partial charge in [0, 0.05) is 13.1 Å². The van der Waals surface area contributed by atoms with Crippen LogP contribution in [0.5, 0.6) is 0 Å². The number of hydrogen-bond acceptors (Lipinski definition) is 6. The fourth-order valence-electron chi connectivity index (χ4n) is 1.39. The minimum Gasteiger partial charge on any atom is -0.452 e. The lowest BCUT2D eigenvalue weighted by molar-refractivity contribution is 0.483. The number of halogens is 1. The van der Waals surface area contributed by atoms with Gasteiger partial charge < -0.3 is 14.7 Å². The molecular weight excluding hydrogens is 338 g/mol. The van der Waals surface area contributed by atoms with Gasteiger partial charge in [-0.15, -0.1) is 10.2 Å².